The van der Waals surface area contributed by atoms with E-state index in [2.05, 4.69) is 20.9 Å². The Kier molecular flexibility index (Phi) is 1.89. The summed E-state index contributed by atoms with van der Waals surface area (Å²) in [5.74, 6) is 0.814. The lowest BCUT2D eigenvalue weighted by molar-refractivity contribution is 0.250. The molecule has 1 rings (SSSR count). The van der Waals surface area contributed by atoms with Crippen molar-refractivity contribution in [2.75, 3.05) is 11.9 Å². The third-order valence-corrected chi connectivity index (χ3v) is 1.75. The van der Waals surface area contributed by atoms with E-state index in [0.29, 0.717) is 0 Å². The maximum absolute atomic E-state index is 5.21. The van der Waals surface area contributed by atoms with E-state index in [9.17, 15) is 0 Å². The van der Waals surface area contributed by atoms with Crippen LogP contribution in [0.5, 0.6) is 0 Å². The van der Waals surface area contributed by atoms with Gasteiger partial charge in [-0.3, -0.25) is 4.99 Å². The van der Waals surface area contributed by atoms with E-state index >= 15 is 0 Å². The molecular formula is C5H8BrNO. The third-order valence-electron chi connectivity index (χ3n) is 1.03. The molecule has 0 saturated heterocycles. The van der Waals surface area contributed by atoms with Crippen molar-refractivity contribution in [3.63, 3.8) is 0 Å². The summed E-state index contributed by atoms with van der Waals surface area (Å²) in [5.41, 5.74) is 0. The van der Waals surface area contributed by atoms with Gasteiger partial charge in [0.05, 0.1) is 6.54 Å². The summed E-state index contributed by atoms with van der Waals surface area (Å²) in [7, 11) is 0. The highest BCUT2D eigenvalue weighted by Crippen LogP contribution is 2.05. The van der Waals surface area contributed by atoms with E-state index in [1.165, 1.54) is 0 Å². The van der Waals surface area contributed by atoms with Gasteiger partial charge in [-0.25, -0.2) is 0 Å². The minimum Gasteiger partial charge on any atom is -0.475 e. The van der Waals surface area contributed by atoms with Crippen molar-refractivity contribution >= 4 is 21.8 Å². The topological polar surface area (TPSA) is 21.6 Å². The molecule has 1 aliphatic heterocycles. The molecule has 0 radical (unpaired) electrons. The van der Waals surface area contributed by atoms with E-state index in [4.69, 9.17) is 4.74 Å². The van der Waals surface area contributed by atoms with Gasteiger partial charge in [-0.1, -0.05) is 15.9 Å². The van der Waals surface area contributed by atoms with E-state index in [0.717, 1.165) is 17.8 Å². The molecule has 1 unspecified atom stereocenters. The first-order valence-electron chi connectivity index (χ1n) is 2.56. The van der Waals surface area contributed by atoms with Crippen LogP contribution in [-0.4, -0.2) is 23.9 Å². The number of ether oxygens (including phenoxy) is 1. The second-order valence-corrected chi connectivity index (χ2v) is 2.40. The lowest BCUT2D eigenvalue weighted by Crippen LogP contribution is -2.12. The first kappa shape index (κ1) is 6.08. The molecule has 8 heavy (non-hydrogen) atoms. The maximum Gasteiger partial charge on any atom is 0.180 e. The molecule has 0 fully saturated rings. The molecule has 0 aromatic rings. The highest BCUT2D eigenvalue weighted by Gasteiger charge is 2.13. The summed E-state index contributed by atoms with van der Waals surface area (Å²) in [4.78, 5) is 4.05. The summed E-state index contributed by atoms with van der Waals surface area (Å²) in [6.45, 7) is 2.69. The summed E-state index contributed by atoms with van der Waals surface area (Å²) >= 11 is 3.31. The first-order valence-corrected chi connectivity index (χ1v) is 3.68. The Morgan fingerprint density at radius 3 is 3.00 bits per heavy atom. The summed E-state index contributed by atoms with van der Waals surface area (Å²) < 4.78 is 5.21. The Morgan fingerprint density at radius 2 is 2.75 bits per heavy atom. The highest BCUT2D eigenvalue weighted by atomic mass is 79.9. The maximum atomic E-state index is 5.21. The Balaban J connectivity index is 2.32. The molecule has 0 aromatic carbocycles. The normalized spacial score (nSPS) is 27.2. The Bertz CT molecular complexity index is 113. The molecule has 0 bridgehead atoms. The smallest absolute Gasteiger partial charge is 0.180 e. The summed E-state index contributed by atoms with van der Waals surface area (Å²) in [6, 6.07) is 0. The van der Waals surface area contributed by atoms with Gasteiger partial charge in [-0.2, -0.15) is 0 Å². The van der Waals surface area contributed by atoms with Gasteiger partial charge < -0.3 is 4.74 Å². The van der Waals surface area contributed by atoms with Crippen LogP contribution in [0.3, 0.4) is 0 Å². The van der Waals surface area contributed by atoms with Crippen molar-refractivity contribution in [3.05, 3.63) is 0 Å². The van der Waals surface area contributed by atoms with Crippen molar-refractivity contribution in [3.8, 4) is 0 Å². The van der Waals surface area contributed by atoms with Crippen molar-refractivity contribution in [1.29, 1.82) is 0 Å². The average Bonchev–Trinajstić information content (AvgIpc) is 2.14. The molecule has 0 spiro atoms. The van der Waals surface area contributed by atoms with Crippen LogP contribution in [0.15, 0.2) is 4.99 Å². The molecule has 1 aliphatic rings. The molecule has 0 aromatic heterocycles. The van der Waals surface area contributed by atoms with Gasteiger partial charge in [-0.05, 0) is 0 Å². The van der Waals surface area contributed by atoms with Gasteiger partial charge in [0.2, 0.25) is 0 Å². The van der Waals surface area contributed by atoms with Crippen molar-refractivity contribution in [1.82, 2.24) is 0 Å². The Hall–Kier alpha value is -0.0500. The molecule has 0 amide bonds. The van der Waals surface area contributed by atoms with Crippen LogP contribution in [-0.2, 0) is 4.74 Å². The molecule has 1 atom stereocenters. The fourth-order valence-corrected chi connectivity index (χ4v) is 0.963. The average molecular weight is 178 g/mol. The number of alkyl halides is 1. The SMILES string of the molecule is CC1=NCC(CBr)O1. The monoisotopic (exact) mass is 177 g/mol. The van der Waals surface area contributed by atoms with Crippen LogP contribution in [0.25, 0.3) is 0 Å². The summed E-state index contributed by atoms with van der Waals surface area (Å²) in [6.07, 6.45) is 0.287. The largest absolute Gasteiger partial charge is 0.475 e. The second kappa shape index (κ2) is 2.49. The van der Waals surface area contributed by atoms with Crippen molar-refractivity contribution in [2.45, 2.75) is 13.0 Å². The fraction of sp³-hybridized carbons (Fsp3) is 0.800. The van der Waals surface area contributed by atoms with Crippen LogP contribution in [0.1, 0.15) is 6.92 Å². The first-order chi connectivity index (χ1) is 3.83. The molecule has 1 heterocycles. The van der Waals surface area contributed by atoms with Crippen LogP contribution in [0.4, 0.5) is 0 Å². The number of hydrogen-bond donors (Lipinski definition) is 0. The predicted molar refractivity (Wildman–Crippen MR) is 36.6 cm³/mol. The molecule has 0 saturated carbocycles. The van der Waals surface area contributed by atoms with Gasteiger partial charge in [-0.15, -0.1) is 0 Å². The number of aliphatic imine (C=N–C) groups is 1. The molecule has 2 nitrogen and oxygen atoms in total. The quantitative estimate of drug-likeness (QED) is 0.552. The van der Waals surface area contributed by atoms with E-state index < -0.39 is 0 Å². The zero-order chi connectivity index (χ0) is 5.98. The Labute approximate surface area is 57.1 Å². The van der Waals surface area contributed by atoms with E-state index in [-0.39, 0.29) is 6.10 Å². The molecule has 0 aliphatic carbocycles. The zero-order valence-electron chi connectivity index (χ0n) is 4.72. The van der Waals surface area contributed by atoms with Gasteiger partial charge in [0.25, 0.3) is 0 Å². The fourth-order valence-electron chi connectivity index (χ4n) is 0.626. The number of hydrogen-bond acceptors (Lipinski definition) is 2. The molecule has 3 heteroatoms. The number of nitrogens with zero attached hydrogens (tertiary/aromatic N) is 1. The minimum absolute atomic E-state index is 0.287. The predicted octanol–water partition coefficient (Wildman–Crippen LogP) is 1.20. The third kappa shape index (κ3) is 1.22. The van der Waals surface area contributed by atoms with Gasteiger partial charge in [0, 0.05) is 12.3 Å². The molecular weight excluding hydrogens is 170 g/mol. The van der Waals surface area contributed by atoms with Crippen LogP contribution < -0.4 is 0 Å². The minimum atomic E-state index is 0.287. The second-order valence-electron chi connectivity index (χ2n) is 1.75. The van der Waals surface area contributed by atoms with E-state index in [1.54, 1.807) is 0 Å². The number of halogens is 1. The standard InChI is InChI=1S/C5H8BrNO/c1-4-7-3-5(2-6)8-4/h5H,2-3H2,1H3. The van der Waals surface area contributed by atoms with Crippen molar-refractivity contribution < 1.29 is 4.74 Å². The highest BCUT2D eigenvalue weighted by molar-refractivity contribution is 9.09. The zero-order valence-corrected chi connectivity index (χ0v) is 6.31. The Morgan fingerprint density at radius 1 is 2.00 bits per heavy atom. The number of rotatable bonds is 1. The lowest BCUT2D eigenvalue weighted by Gasteiger charge is -2.02. The van der Waals surface area contributed by atoms with Crippen LogP contribution in [0.2, 0.25) is 0 Å². The van der Waals surface area contributed by atoms with E-state index in [1.807, 2.05) is 6.92 Å². The van der Waals surface area contributed by atoms with Gasteiger partial charge in [0.15, 0.2) is 5.90 Å². The lowest BCUT2D eigenvalue weighted by atomic mass is 10.4. The molecule has 46 valence electrons. The van der Waals surface area contributed by atoms with Crippen LogP contribution in [0, 0.1) is 0 Å². The van der Waals surface area contributed by atoms with Crippen molar-refractivity contribution in [2.24, 2.45) is 4.99 Å². The van der Waals surface area contributed by atoms with Gasteiger partial charge in [0.1, 0.15) is 6.10 Å². The van der Waals surface area contributed by atoms with Crippen LogP contribution >= 0.6 is 15.9 Å². The summed E-state index contributed by atoms with van der Waals surface area (Å²) in [5, 5.41) is 0.883. The van der Waals surface area contributed by atoms with Gasteiger partial charge >= 0.3 is 0 Å². The molecule has 0 N–H and O–H groups in total.